The second-order valence-electron chi connectivity index (χ2n) is 4.51. The Labute approximate surface area is 109 Å². The van der Waals surface area contributed by atoms with Crippen molar-refractivity contribution in [2.75, 3.05) is 19.9 Å². The molecule has 0 saturated heterocycles. The summed E-state index contributed by atoms with van der Waals surface area (Å²) in [6.45, 7) is 4.16. The van der Waals surface area contributed by atoms with Gasteiger partial charge in [-0.05, 0) is 25.5 Å². The number of benzene rings is 1. The lowest BCUT2D eigenvalue weighted by atomic mass is 10.1. The van der Waals surface area contributed by atoms with E-state index in [1.807, 2.05) is 14.0 Å². The van der Waals surface area contributed by atoms with Crippen LogP contribution in [0.1, 0.15) is 37.0 Å². The number of nitrogens with two attached hydrogens (primary N) is 1. The third kappa shape index (κ3) is 3.15. The number of nitrogen functional groups attached to an aromatic ring is 1. The van der Waals surface area contributed by atoms with Crippen LogP contribution in [0.2, 0.25) is 0 Å². The molecule has 0 aromatic heterocycles. The van der Waals surface area contributed by atoms with Gasteiger partial charge in [0.2, 0.25) is 0 Å². The van der Waals surface area contributed by atoms with E-state index in [0.717, 1.165) is 12.8 Å². The molecule has 1 unspecified atom stereocenters. The molecule has 1 aromatic rings. The third-order valence-electron chi connectivity index (χ3n) is 3.14. The van der Waals surface area contributed by atoms with Crippen LogP contribution in [0.3, 0.4) is 0 Å². The Hall–Kier alpha value is -1.71. The Morgan fingerprint density at radius 3 is 2.72 bits per heavy atom. The first-order valence-electron chi connectivity index (χ1n) is 6.21. The minimum atomic E-state index is -0.0344. The molecular formula is C14H22N2O2. The second kappa shape index (κ2) is 6.28. The fourth-order valence-electron chi connectivity index (χ4n) is 1.89. The lowest BCUT2D eigenvalue weighted by Crippen LogP contribution is -2.35. The maximum Gasteiger partial charge on any atom is 0.257 e. The van der Waals surface area contributed by atoms with E-state index in [-0.39, 0.29) is 11.9 Å². The molecule has 0 bridgehead atoms. The maximum absolute atomic E-state index is 12.4. The van der Waals surface area contributed by atoms with E-state index in [1.165, 1.54) is 0 Å². The molecule has 0 aliphatic carbocycles. The van der Waals surface area contributed by atoms with Gasteiger partial charge in [0.05, 0.1) is 12.7 Å². The van der Waals surface area contributed by atoms with E-state index in [2.05, 4.69) is 6.92 Å². The first-order valence-corrected chi connectivity index (χ1v) is 6.21. The highest BCUT2D eigenvalue weighted by atomic mass is 16.5. The van der Waals surface area contributed by atoms with Crippen LogP contribution in [0.4, 0.5) is 5.69 Å². The summed E-state index contributed by atoms with van der Waals surface area (Å²) in [6, 6.07) is 5.32. The summed E-state index contributed by atoms with van der Waals surface area (Å²) >= 11 is 0. The zero-order valence-corrected chi connectivity index (χ0v) is 11.6. The van der Waals surface area contributed by atoms with Crippen molar-refractivity contribution in [3.8, 4) is 5.75 Å². The molecule has 1 atom stereocenters. The number of methoxy groups -OCH3 is 1. The summed E-state index contributed by atoms with van der Waals surface area (Å²) in [7, 11) is 3.36. The number of carbonyl (C=O) groups excluding carboxylic acids is 1. The fourth-order valence-corrected chi connectivity index (χ4v) is 1.89. The van der Waals surface area contributed by atoms with Gasteiger partial charge in [-0.3, -0.25) is 4.79 Å². The molecule has 0 aliphatic rings. The molecule has 1 rings (SSSR count). The van der Waals surface area contributed by atoms with Crippen molar-refractivity contribution < 1.29 is 9.53 Å². The number of amides is 1. The summed E-state index contributed by atoms with van der Waals surface area (Å²) in [6.07, 6.45) is 2.04. The molecule has 0 spiro atoms. The molecule has 1 aromatic carbocycles. The molecule has 18 heavy (non-hydrogen) atoms. The van der Waals surface area contributed by atoms with Gasteiger partial charge in [-0.1, -0.05) is 13.3 Å². The Morgan fingerprint density at radius 1 is 1.50 bits per heavy atom. The Bertz CT molecular complexity index is 418. The normalized spacial score (nSPS) is 12.0. The number of hydrogen-bond donors (Lipinski definition) is 1. The number of rotatable bonds is 5. The second-order valence-corrected chi connectivity index (χ2v) is 4.51. The average molecular weight is 250 g/mol. The Morgan fingerprint density at radius 2 is 2.17 bits per heavy atom. The smallest absolute Gasteiger partial charge is 0.257 e. The minimum absolute atomic E-state index is 0.0344. The number of nitrogens with zero attached hydrogens (tertiary/aromatic N) is 1. The predicted molar refractivity (Wildman–Crippen MR) is 73.9 cm³/mol. The van der Waals surface area contributed by atoms with Gasteiger partial charge >= 0.3 is 0 Å². The van der Waals surface area contributed by atoms with Gasteiger partial charge in [0.1, 0.15) is 5.75 Å². The van der Waals surface area contributed by atoms with Crippen molar-refractivity contribution in [1.82, 2.24) is 4.90 Å². The van der Waals surface area contributed by atoms with Crippen LogP contribution in [-0.2, 0) is 0 Å². The molecular weight excluding hydrogens is 228 g/mol. The predicted octanol–water partition coefficient (Wildman–Crippen LogP) is 2.54. The van der Waals surface area contributed by atoms with Crippen molar-refractivity contribution in [3.63, 3.8) is 0 Å². The van der Waals surface area contributed by atoms with Crippen LogP contribution in [0.5, 0.6) is 5.75 Å². The highest BCUT2D eigenvalue weighted by molar-refractivity contribution is 5.97. The third-order valence-corrected chi connectivity index (χ3v) is 3.14. The molecule has 1 amide bonds. The van der Waals surface area contributed by atoms with E-state index in [4.69, 9.17) is 10.5 Å². The molecule has 4 heteroatoms. The SMILES string of the molecule is CCCC(C)N(C)C(=O)c1ccc(N)cc1OC. The van der Waals surface area contributed by atoms with Gasteiger partial charge in [0.15, 0.2) is 0 Å². The van der Waals surface area contributed by atoms with Gasteiger partial charge in [0, 0.05) is 24.8 Å². The fraction of sp³-hybridized carbons (Fsp3) is 0.500. The molecule has 0 saturated carbocycles. The Balaban J connectivity index is 2.96. The zero-order valence-electron chi connectivity index (χ0n) is 11.6. The van der Waals surface area contributed by atoms with Crippen LogP contribution in [0.15, 0.2) is 18.2 Å². The first-order chi connectivity index (χ1) is 8.51. The van der Waals surface area contributed by atoms with E-state index < -0.39 is 0 Å². The van der Waals surface area contributed by atoms with Crippen molar-refractivity contribution in [2.45, 2.75) is 32.7 Å². The van der Waals surface area contributed by atoms with E-state index in [9.17, 15) is 4.79 Å². The molecule has 0 fully saturated rings. The van der Waals surface area contributed by atoms with Crippen LogP contribution in [0, 0.1) is 0 Å². The molecule has 0 aliphatic heterocycles. The maximum atomic E-state index is 12.4. The van der Waals surface area contributed by atoms with Crippen molar-refractivity contribution in [3.05, 3.63) is 23.8 Å². The van der Waals surface area contributed by atoms with Gasteiger partial charge < -0.3 is 15.4 Å². The summed E-state index contributed by atoms with van der Waals surface area (Å²) in [4.78, 5) is 14.1. The van der Waals surface area contributed by atoms with Crippen molar-refractivity contribution in [1.29, 1.82) is 0 Å². The van der Waals surface area contributed by atoms with Gasteiger partial charge in [0.25, 0.3) is 5.91 Å². The van der Waals surface area contributed by atoms with Gasteiger partial charge in [-0.25, -0.2) is 0 Å². The zero-order chi connectivity index (χ0) is 13.7. The summed E-state index contributed by atoms with van der Waals surface area (Å²) in [5.41, 5.74) is 6.83. The highest BCUT2D eigenvalue weighted by Crippen LogP contribution is 2.23. The van der Waals surface area contributed by atoms with Crippen molar-refractivity contribution in [2.24, 2.45) is 0 Å². The lowest BCUT2D eigenvalue weighted by molar-refractivity contribution is 0.0733. The van der Waals surface area contributed by atoms with Crippen LogP contribution in [-0.4, -0.2) is 31.0 Å². The monoisotopic (exact) mass is 250 g/mol. The molecule has 0 radical (unpaired) electrons. The molecule has 0 heterocycles. The average Bonchev–Trinajstić information content (AvgIpc) is 2.37. The van der Waals surface area contributed by atoms with E-state index in [1.54, 1.807) is 30.2 Å². The number of carbonyl (C=O) groups is 1. The molecule has 100 valence electrons. The number of hydrogen-bond acceptors (Lipinski definition) is 3. The van der Waals surface area contributed by atoms with E-state index in [0.29, 0.717) is 17.0 Å². The number of anilines is 1. The largest absolute Gasteiger partial charge is 0.496 e. The first kappa shape index (κ1) is 14.4. The van der Waals surface area contributed by atoms with Crippen LogP contribution >= 0.6 is 0 Å². The lowest BCUT2D eigenvalue weighted by Gasteiger charge is -2.25. The van der Waals surface area contributed by atoms with Crippen LogP contribution in [0.25, 0.3) is 0 Å². The van der Waals surface area contributed by atoms with Gasteiger partial charge in [-0.2, -0.15) is 0 Å². The summed E-state index contributed by atoms with van der Waals surface area (Å²) < 4.78 is 5.21. The molecule has 4 nitrogen and oxygen atoms in total. The van der Waals surface area contributed by atoms with Crippen LogP contribution < -0.4 is 10.5 Å². The summed E-state index contributed by atoms with van der Waals surface area (Å²) in [5.74, 6) is 0.489. The summed E-state index contributed by atoms with van der Waals surface area (Å²) in [5, 5.41) is 0. The highest BCUT2D eigenvalue weighted by Gasteiger charge is 2.20. The minimum Gasteiger partial charge on any atom is -0.496 e. The number of ether oxygens (including phenoxy) is 1. The van der Waals surface area contributed by atoms with Crippen molar-refractivity contribution >= 4 is 11.6 Å². The quantitative estimate of drug-likeness (QED) is 0.817. The topological polar surface area (TPSA) is 55.6 Å². The van der Waals surface area contributed by atoms with Gasteiger partial charge in [-0.15, -0.1) is 0 Å². The van der Waals surface area contributed by atoms with E-state index >= 15 is 0 Å². The molecule has 2 N–H and O–H groups in total. The standard InChI is InChI=1S/C14H22N2O2/c1-5-6-10(2)16(3)14(17)12-8-7-11(15)9-13(12)18-4/h7-10H,5-6,15H2,1-4H3. The Kier molecular flexibility index (Phi) is 5.01.